The third kappa shape index (κ3) is 3.94. The van der Waals surface area contributed by atoms with E-state index in [4.69, 9.17) is 11.6 Å². The Morgan fingerprint density at radius 3 is 2.80 bits per heavy atom. The molecule has 3 aromatic rings. The number of nitrogens with one attached hydrogen (secondary N) is 1. The molecule has 0 spiro atoms. The molecule has 0 saturated heterocycles. The summed E-state index contributed by atoms with van der Waals surface area (Å²) in [5, 5.41) is 18.0. The number of halogens is 1. The second-order valence-electron chi connectivity index (χ2n) is 6.85. The van der Waals surface area contributed by atoms with E-state index < -0.39 is 10.8 Å². The van der Waals surface area contributed by atoms with Crippen molar-refractivity contribution in [2.24, 2.45) is 0 Å². The number of hydrogen-bond acceptors (Lipinski definition) is 6. The number of nitro groups is 1. The predicted molar refractivity (Wildman–Crippen MR) is 108 cm³/mol. The predicted octanol–water partition coefficient (Wildman–Crippen LogP) is 2.43. The van der Waals surface area contributed by atoms with E-state index in [9.17, 15) is 19.7 Å². The highest BCUT2D eigenvalue weighted by molar-refractivity contribution is 6.32. The van der Waals surface area contributed by atoms with Crippen LogP contribution in [0, 0.1) is 10.1 Å². The maximum absolute atomic E-state index is 12.8. The van der Waals surface area contributed by atoms with Gasteiger partial charge < -0.3 is 5.32 Å². The molecule has 0 aliphatic heterocycles. The normalized spacial score (nSPS) is 13.2. The van der Waals surface area contributed by atoms with E-state index in [1.807, 2.05) is 6.07 Å². The first kappa shape index (κ1) is 19.8. The minimum Gasteiger partial charge on any atom is -0.350 e. The van der Waals surface area contributed by atoms with Crippen molar-refractivity contribution >= 4 is 23.2 Å². The summed E-state index contributed by atoms with van der Waals surface area (Å²) in [5.74, 6) is 0.0483. The summed E-state index contributed by atoms with van der Waals surface area (Å²) in [6, 6.07) is 7.57. The molecule has 1 N–H and O–H groups in total. The lowest BCUT2D eigenvalue weighted by Gasteiger charge is -2.05. The molecule has 1 fully saturated rings. The minimum atomic E-state index is -0.650. The lowest BCUT2D eigenvalue weighted by Crippen LogP contribution is -2.32. The van der Waals surface area contributed by atoms with Crippen LogP contribution in [0.2, 0.25) is 5.02 Å². The second kappa shape index (κ2) is 8.07. The third-order valence-electron chi connectivity index (χ3n) is 4.72. The molecule has 4 rings (SSSR count). The van der Waals surface area contributed by atoms with E-state index in [0.29, 0.717) is 5.82 Å². The number of pyridine rings is 1. The Labute approximate surface area is 175 Å². The first-order valence-corrected chi connectivity index (χ1v) is 9.65. The quantitative estimate of drug-likeness (QED) is 0.455. The summed E-state index contributed by atoms with van der Waals surface area (Å²) < 4.78 is 2.98. The summed E-state index contributed by atoms with van der Waals surface area (Å²) in [7, 11) is 0. The standard InChI is InChI=1S/C19H17ClN6O4/c20-15-6-3-12(10-16(15)26(29)30)18(27)22-8-9-24-19(28)25(14-4-5-14)17(23-24)13-2-1-7-21-11-13/h1-3,6-7,10-11,14H,4-5,8-9H2,(H,22,27). The SMILES string of the molecule is O=C(NCCn1nc(-c2cccnc2)n(C2CC2)c1=O)c1ccc(Cl)c([N+](=O)[O-])c1. The van der Waals surface area contributed by atoms with Crippen LogP contribution in [0.25, 0.3) is 11.4 Å². The van der Waals surface area contributed by atoms with Crippen molar-refractivity contribution in [2.75, 3.05) is 6.54 Å². The average Bonchev–Trinajstić information content (AvgIpc) is 3.52. The van der Waals surface area contributed by atoms with E-state index in [0.717, 1.165) is 24.5 Å². The Morgan fingerprint density at radius 2 is 2.13 bits per heavy atom. The average molecular weight is 429 g/mol. The summed E-state index contributed by atoms with van der Waals surface area (Å²) in [5.41, 5.74) is 0.272. The van der Waals surface area contributed by atoms with Crippen molar-refractivity contribution in [3.8, 4) is 11.4 Å². The molecule has 0 radical (unpaired) electrons. The highest BCUT2D eigenvalue weighted by Crippen LogP contribution is 2.36. The Hall–Kier alpha value is -3.53. The van der Waals surface area contributed by atoms with Gasteiger partial charge in [-0.1, -0.05) is 11.6 Å². The number of rotatable bonds is 7. The Morgan fingerprint density at radius 1 is 1.33 bits per heavy atom. The number of amides is 1. The number of nitro benzene ring substituents is 1. The van der Waals surface area contributed by atoms with Crippen LogP contribution in [-0.2, 0) is 6.54 Å². The molecule has 1 saturated carbocycles. The second-order valence-corrected chi connectivity index (χ2v) is 7.26. The smallest absolute Gasteiger partial charge is 0.346 e. The summed E-state index contributed by atoms with van der Waals surface area (Å²) in [4.78, 5) is 39.5. The topological polar surface area (TPSA) is 125 Å². The number of benzene rings is 1. The molecule has 30 heavy (non-hydrogen) atoms. The van der Waals surface area contributed by atoms with Crippen molar-refractivity contribution in [2.45, 2.75) is 25.4 Å². The molecule has 2 aromatic heterocycles. The fourth-order valence-electron chi connectivity index (χ4n) is 3.09. The van der Waals surface area contributed by atoms with E-state index in [2.05, 4.69) is 15.4 Å². The molecule has 0 atom stereocenters. The first-order chi connectivity index (χ1) is 14.5. The van der Waals surface area contributed by atoms with Gasteiger partial charge in [-0.05, 0) is 37.1 Å². The highest BCUT2D eigenvalue weighted by Gasteiger charge is 2.30. The fourth-order valence-corrected chi connectivity index (χ4v) is 3.28. The van der Waals surface area contributed by atoms with Gasteiger partial charge in [0.25, 0.3) is 11.6 Å². The van der Waals surface area contributed by atoms with Gasteiger partial charge in [-0.3, -0.25) is 24.5 Å². The Kier molecular flexibility index (Phi) is 5.32. The number of nitrogens with zero attached hydrogens (tertiary/aromatic N) is 5. The molecule has 2 heterocycles. The van der Waals surface area contributed by atoms with Gasteiger partial charge in [-0.25, -0.2) is 9.48 Å². The zero-order valence-corrected chi connectivity index (χ0v) is 16.5. The monoisotopic (exact) mass is 428 g/mol. The van der Waals surface area contributed by atoms with Crippen molar-refractivity contribution in [3.63, 3.8) is 0 Å². The molecule has 10 nitrogen and oxygen atoms in total. The van der Waals surface area contributed by atoms with Gasteiger partial charge in [0.05, 0.1) is 11.5 Å². The van der Waals surface area contributed by atoms with Crippen LogP contribution in [0.5, 0.6) is 0 Å². The first-order valence-electron chi connectivity index (χ1n) is 9.27. The third-order valence-corrected chi connectivity index (χ3v) is 5.04. The summed E-state index contributed by atoms with van der Waals surface area (Å²) in [6.07, 6.45) is 5.15. The molecule has 1 aliphatic carbocycles. The maximum Gasteiger partial charge on any atom is 0.346 e. The number of aromatic nitrogens is 4. The molecular weight excluding hydrogens is 412 g/mol. The Balaban J connectivity index is 1.48. The van der Waals surface area contributed by atoms with E-state index in [-0.39, 0.29) is 41.1 Å². The highest BCUT2D eigenvalue weighted by atomic mass is 35.5. The largest absolute Gasteiger partial charge is 0.350 e. The van der Waals surface area contributed by atoms with Gasteiger partial charge in [0, 0.05) is 42.2 Å². The number of carbonyl (C=O) groups excluding carboxylic acids is 1. The van der Waals surface area contributed by atoms with Gasteiger partial charge in [0.15, 0.2) is 5.82 Å². The van der Waals surface area contributed by atoms with Crippen LogP contribution < -0.4 is 11.0 Å². The molecule has 0 bridgehead atoms. The van der Waals surface area contributed by atoms with Crippen LogP contribution in [0.3, 0.4) is 0 Å². The lowest BCUT2D eigenvalue weighted by atomic mass is 10.2. The minimum absolute atomic E-state index is 0.0448. The molecule has 0 unspecified atom stereocenters. The van der Waals surface area contributed by atoms with Crippen molar-refractivity contribution in [1.29, 1.82) is 0 Å². The van der Waals surface area contributed by atoms with Crippen LogP contribution in [0.15, 0.2) is 47.5 Å². The summed E-state index contributed by atoms with van der Waals surface area (Å²) in [6.45, 7) is 0.288. The molecule has 1 aromatic carbocycles. The molecule has 1 amide bonds. The molecule has 11 heteroatoms. The Bertz CT molecular complexity index is 1170. The zero-order chi connectivity index (χ0) is 21.3. The fraction of sp³-hybridized carbons (Fsp3) is 0.263. The maximum atomic E-state index is 12.8. The van der Waals surface area contributed by atoms with Crippen LogP contribution in [0.1, 0.15) is 29.2 Å². The van der Waals surface area contributed by atoms with Crippen molar-refractivity contribution < 1.29 is 9.72 Å². The summed E-state index contributed by atoms with van der Waals surface area (Å²) >= 11 is 5.77. The van der Waals surface area contributed by atoms with Crippen molar-refractivity contribution in [1.82, 2.24) is 24.6 Å². The lowest BCUT2D eigenvalue weighted by molar-refractivity contribution is -0.384. The van der Waals surface area contributed by atoms with Gasteiger partial charge in [0.2, 0.25) is 0 Å². The van der Waals surface area contributed by atoms with E-state index in [1.54, 1.807) is 23.0 Å². The van der Waals surface area contributed by atoms with E-state index in [1.165, 1.54) is 16.8 Å². The number of hydrogen-bond donors (Lipinski definition) is 1. The van der Waals surface area contributed by atoms with Gasteiger partial charge >= 0.3 is 5.69 Å². The van der Waals surface area contributed by atoms with E-state index >= 15 is 0 Å². The van der Waals surface area contributed by atoms with Crippen LogP contribution in [-0.4, -0.2) is 36.7 Å². The molecule has 154 valence electrons. The van der Waals surface area contributed by atoms with Crippen LogP contribution in [0.4, 0.5) is 5.69 Å². The van der Waals surface area contributed by atoms with Crippen molar-refractivity contribution in [3.05, 3.63) is 73.9 Å². The van der Waals surface area contributed by atoms with Gasteiger partial charge in [-0.2, -0.15) is 0 Å². The van der Waals surface area contributed by atoms with Gasteiger partial charge in [0.1, 0.15) is 5.02 Å². The molecular formula is C19H17ClN6O4. The van der Waals surface area contributed by atoms with Crippen LogP contribution >= 0.6 is 11.6 Å². The van der Waals surface area contributed by atoms with Gasteiger partial charge in [-0.15, -0.1) is 5.10 Å². The molecule has 1 aliphatic rings. The zero-order valence-electron chi connectivity index (χ0n) is 15.7. The number of carbonyl (C=O) groups is 1.